The SMILES string of the molecule is Cc1cccc(SCc2ncc(C)c(CCl)n2)c1. The molecule has 0 radical (unpaired) electrons. The summed E-state index contributed by atoms with van der Waals surface area (Å²) in [6.07, 6.45) is 1.84. The molecule has 0 aliphatic carbocycles. The number of rotatable bonds is 4. The lowest BCUT2D eigenvalue weighted by molar-refractivity contribution is 0.962. The highest BCUT2D eigenvalue weighted by molar-refractivity contribution is 7.98. The van der Waals surface area contributed by atoms with Gasteiger partial charge in [-0.05, 0) is 31.5 Å². The fourth-order valence-corrected chi connectivity index (χ4v) is 2.73. The third-order valence-electron chi connectivity index (χ3n) is 2.61. The molecule has 1 aromatic heterocycles. The number of aryl methyl sites for hydroxylation is 2. The number of alkyl halides is 1. The Kier molecular flexibility index (Phi) is 4.61. The van der Waals surface area contributed by atoms with Crippen molar-refractivity contribution in [3.8, 4) is 0 Å². The van der Waals surface area contributed by atoms with Crippen LogP contribution >= 0.6 is 23.4 Å². The molecule has 18 heavy (non-hydrogen) atoms. The van der Waals surface area contributed by atoms with E-state index in [0.29, 0.717) is 5.88 Å². The molecule has 0 unspecified atom stereocenters. The van der Waals surface area contributed by atoms with Gasteiger partial charge in [0.1, 0.15) is 5.82 Å². The Morgan fingerprint density at radius 2 is 2.11 bits per heavy atom. The molecule has 0 aliphatic rings. The molecule has 2 aromatic rings. The van der Waals surface area contributed by atoms with Gasteiger partial charge in [-0.15, -0.1) is 23.4 Å². The summed E-state index contributed by atoms with van der Waals surface area (Å²) in [5.74, 6) is 2.05. The van der Waals surface area contributed by atoms with Gasteiger partial charge in [0.05, 0.1) is 17.3 Å². The van der Waals surface area contributed by atoms with Crippen LogP contribution in [0.5, 0.6) is 0 Å². The van der Waals surface area contributed by atoms with E-state index in [9.17, 15) is 0 Å². The molecule has 94 valence electrons. The van der Waals surface area contributed by atoms with Crippen molar-refractivity contribution >= 4 is 23.4 Å². The first-order valence-corrected chi connectivity index (χ1v) is 7.28. The second kappa shape index (κ2) is 6.21. The molecule has 0 saturated carbocycles. The largest absolute Gasteiger partial charge is 0.240 e. The van der Waals surface area contributed by atoms with Crippen LogP contribution in [0.2, 0.25) is 0 Å². The van der Waals surface area contributed by atoms with Crippen molar-refractivity contribution in [1.29, 1.82) is 0 Å². The molecule has 0 aliphatic heterocycles. The van der Waals surface area contributed by atoms with Gasteiger partial charge in [-0.3, -0.25) is 0 Å². The summed E-state index contributed by atoms with van der Waals surface area (Å²) in [5, 5.41) is 0. The second-order valence-electron chi connectivity index (χ2n) is 4.15. The summed E-state index contributed by atoms with van der Waals surface area (Å²) >= 11 is 7.59. The molecule has 2 rings (SSSR count). The van der Waals surface area contributed by atoms with Gasteiger partial charge in [-0.1, -0.05) is 17.7 Å². The molecular weight excluding hydrogens is 264 g/mol. The molecule has 0 amide bonds. The van der Waals surface area contributed by atoms with E-state index < -0.39 is 0 Å². The van der Waals surface area contributed by atoms with E-state index in [2.05, 4.69) is 41.2 Å². The number of halogens is 1. The van der Waals surface area contributed by atoms with Gasteiger partial charge >= 0.3 is 0 Å². The van der Waals surface area contributed by atoms with Gasteiger partial charge in [0.25, 0.3) is 0 Å². The van der Waals surface area contributed by atoms with Crippen LogP contribution < -0.4 is 0 Å². The van der Waals surface area contributed by atoms with E-state index in [1.54, 1.807) is 11.8 Å². The van der Waals surface area contributed by atoms with Crippen molar-refractivity contribution in [2.45, 2.75) is 30.4 Å². The Morgan fingerprint density at radius 3 is 2.83 bits per heavy atom. The monoisotopic (exact) mass is 278 g/mol. The zero-order valence-corrected chi connectivity index (χ0v) is 12.1. The normalized spacial score (nSPS) is 10.6. The van der Waals surface area contributed by atoms with Crippen LogP contribution in [0, 0.1) is 13.8 Å². The molecule has 0 saturated heterocycles. The summed E-state index contributed by atoms with van der Waals surface area (Å²) in [7, 11) is 0. The number of hydrogen-bond acceptors (Lipinski definition) is 3. The first kappa shape index (κ1) is 13.4. The summed E-state index contributed by atoms with van der Waals surface area (Å²) in [4.78, 5) is 10.0. The van der Waals surface area contributed by atoms with Crippen LogP contribution in [-0.2, 0) is 11.6 Å². The first-order valence-electron chi connectivity index (χ1n) is 5.76. The van der Waals surface area contributed by atoms with Gasteiger partial charge in [0, 0.05) is 11.1 Å². The highest BCUT2D eigenvalue weighted by Crippen LogP contribution is 2.22. The van der Waals surface area contributed by atoms with Crippen molar-refractivity contribution in [1.82, 2.24) is 9.97 Å². The van der Waals surface area contributed by atoms with Crippen molar-refractivity contribution in [3.05, 3.63) is 53.1 Å². The molecule has 4 heteroatoms. The minimum absolute atomic E-state index is 0.441. The molecule has 2 nitrogen and oxygen atoms in total. The molecule has 0 fully saturated rings. The number of hydrogen-bond donors (Lipinski definition) is 0. The third-order valence-corrected chi connectivity index (χ3v) is 3.85. The van der Waals surface area contributed by atoms with Gasteiger partial charge in [-0.25, -0.2) is 9.97 Å². The van der Waals surface area contributed by atoms with Gasteiger partial charge in [-0.2, -0.15) is 0 Å². The quantitative estimate of drug-likeness (QED) is 0.621. The second-order valence-corrected chi connectivity index (χ2v) is 5.47. The van der Waals surface area contributed by atoms with Crippen LogP contribution in [-0.4, -0.2) is 9.97 Å². The molecule has 0 atom stereocenters. The lowest BCUT2D eigenvalue weighted by Crippen LogP contribution is -1.99. The van der Waals surface area contributed by atoms with E-state index >= 15 is 0 Å². The number of nitrogens with zero attached hydrogens (tertiary/aromatic N) is 2. The molecule has 1 aromatic carbocycles. The Morgan fingerprint density at radius 1 is 1.28 bits per heavy atom. The lowest BCUT2D eigenvalue weighted by Gasteiger charge is -2.05. The predicted molar refractivity (Wildman–Crippen MR) is 77.1 cm³/mol. The first-order chi connectivity index (χ1) is 8.69. The Labute approximate surface area is 117 Å². The number of aromatic nitrogens is 2. The molecule has 0 bridgehead atoms. The zero-order valence-electron chi connectivity index (χ0n) is 10.5. The van der Waals surface area contributed by atoms with Crippen LogP contribution in [0.4, 0.5) is 0 Å². The van der Waals surface area contributed by atoms with Crippen molar-refractivity contribution in [2.24, 2.45) is 0 Å². The smallest absolute Gasteiger partial charge is 0.138 e. The van der Waals surface area contributed by atoms with E-state index in [-0.39, 0.29) is 0 Å². The third kappa shape index (κ3) is 3.47. The van der Waals surface area contributed by atoms with E-state index in [1.165, 1.54) is 10.5 Å². The van der Waals surface area contributed by atoms with E-state index in [4.69, 9.17) is 11.6 Å². The van der Waals surface area contributed by atoms with Crippen molar-refractivity contribution < 1.29 is 0 Å². The summed E-state index contributed by atoms with van der Waals surface area (Å²) in [5.41, 5.74) is 3.24. The Hall–Kier alpha value is -1.06. The van der Waals surface area contributed by atoms with Crippen LogP contribution in [0.25, 0.3) is 0 Å². The number of benzene rings is 1. The van der Waals surface area contributed by atoms with E-state index in [1.807, 2.05) is 13.1 Å². The van der Waals surface area contributed by atoms with Gasteiger partial charge in [0.15, 0.2) is 0 Å². The topological polar surface area (TPSA) is 25.8 Å². The average Bonchev–Trinajstić information content (AvgIpc) is 2.38. The summed E-state index contributed by atoms with van der Waals surface area (Å²) in [6.45, 7) is 4.08. The van der Waals surface area contributed by atoms with Crippen molar-refractivity contribution in [2.75, 3.05) is 0 Å². The van der Waals surface area contributed by atoms with Crippen LogP contribution in [0.3, 0.4) is 0 Å². The van der Waals surface area contributed by atoms with Gasteiger partial charge in [0.2, 0.25) is 0 Å². The maximum absolute atomic E-state index is 5.85. The van der Waals surface area contributed by atoms with Crippen LogP contribution in [0.1, 0.15) is 22.6 Å². The molecular formula is C14H15ClN2S. The Bertz CT molecular complexity index is 543. The predicted octanol–water partition coefficient (Wildman–Crippen LogP) is 4.12. The highest BCUT2D eigenvalue weighted by Gasteiger charge is 2.04. The summed E-state index contributed by atoms with van der Waals surface area (Å²) in [6, 6.07) is 8.44. The maximum atomic E-state index is 5.85. The fraction of sp³-hybridized carbons (Fsp3) is 0.286. The zero-order chi connectivity index (χ0) is 13.0. The van der Waals surface area contributed by atoms with Crippen LogP contribution in [0.15, 0.2) is 35.4 Å². The fourth-order valence-electron chi connectivity index (χ4n) is 1.58. The minimum atomic E-state index is 0.441. The standard InChI is InChI=1S/C14H15ClN2S/c1-10-4-3-5-12(6-10)18-9-14-16-8-11(2)13(7-15)17-14/h3-6,8H,7,9H2,1-2H3. The Balaban J connectivity index is 2.06. The van der Waals surface area contributed by atoms with Crippen molar-refractivity contribution in [3.63, 3.8) is 0 Å². The molecule has 0 spiro atoms. The van der Waals surface area contributed by atoms with E-state index in [0.717, 1.165) is 22.8 Å². The highest BCUT2D eigenvalue weighted by atomic mass is 35.5. The lowest BCUT2D eigenvalue weighted by atomic mass is 10.2. The molecule has 0 N–H and O–H groups in total. The summed E-state index contributed by atoms with van der Waals surface area (Å²) < 4.78 is 0. The molecule has 1 heterocycles. The average molecular weight is 279 g/mol. The van der Waals surface area contributed by atoms with Gasteiger partial charge < -0.3 is 0 Å². The maximum Gasteiger partial charge on any atom is 0.138 e. The number of thioether (sulfide) groups is 1. The minimum Gasteiger partial charge on any atom is -0.240 e.